The van der Waals surface area contributed by atoms with Crippen LogP contribution in [0.25, 0.3) is 0 Å². The van der Waals surface area contributed by atoms with Gasteiger partial charge in [-0.3, -0.25) is 4.79 Å². The molecule has 0 radical (unpaired) electrons. The van der Waals surface area contributed by atoms with E-state index in [1.807, 2.05) is 13.8 Å². The summed E-state index contributed by atoms with van der Waals surface area (Å²) >= 11 is 0. The molecule has 0 aromatic heterocycles. The Morgan fingerprint density at radius 1 is 1.24 bits per heavy atom. The number of nitrogens with one attached hydrogen (secondary N) is 2. The second-order valence-electron chi connectivity index (χ2n) is 7.34. The standard InChI is InChI=1S/C16H31N3O4S.ClH/c1-11(2)23-6-7-24(21,22)18-10-15(20)19-16-12-4-3-5-13(16)9-14(17)8-12;/h11-14,16,18H,3-10,17H2,1-2H3,(H,19,20);1H. The lowest BCUT2D eigenvalue weighted by Gasteiger charge is -2.45. The van der Waals surface area contributed by atoms with Gasteiger partial charge in [0, 0.05) is 12.1 Å². The monoisotopic (exact) mass is 397 g/mol. The molecule has 2 atom stereocenters. The maximum atomic E-state index is 12.2. The number of nitrogens with two attached hydrogens (primary N) is 1. The smallest absolute Gasteiger partial charge is 0.235 e. The number of hydrogen-bond acceptors (Lipinski definition) is 5. The van der Waals surface area contributed by atoms with E-state index in [1.54, 1.807) is 0 Å². The van der Waals surface area contributed by atoms with Crippen molar-refractivity contribution in [2.45, 2.75) is 64.1 Å². The van der Waals surface area contributed by atoms with Gasteiger partial charge in [0.05, 0.1) is 25.0 Å². The fourth-order valence-electron chi connectivity index (χ4n) is 3.90. The van der Waals surface area contributed by atoms with Crippen LogP contribution in [0.3, 0.4) is 0 Å². The van der Waals surface area contributed by atoms with Crippen molar-refractivity contribution in [3.8, 4) is 0 Å². The Labute approximate surface area is 157 Å². The molecule has 7 nitrogen and oxygen atoms in total. The molecule has 148 valence electrons. The average Bonchev–Trinajstić information content (AvgIpc) is 2.46. The lowest BCUT2D eigenvalue weighted by molar-refractivity contribution is -0.122. The van der Waals surface area contributed by atoms with Crippen molar-refractivity contribution in [2.75, 3.05) is 18.9 Å². The Morgan fingerprint density at radius 2 is 1.84 bits per heavy atom. The SMILES string of the molecule is CC(C)OCCS(=O)(=O)NCC(=O)NC1C2CCCC1CC(N)C2.Cl. The van der Waals surface area contributed by atoms with Crippen LogP contribution in [0.5, 0.6) is 0 Å². The van der Waals surface area contributed by atoms with Crippen molar-refractivity contribution >= 4 is 28.3 Å². The normalized spacial score (nSPS) is 29.1. The van der Waals surface area contributed by atoms with E-state index in [-0.39, 0.29) is 55.4 Å². The highest BCUT2D eigenvalue weighted by Gasteiger charge is 2.39. The highest BCUT2D eigenvalue weighted by atomic mass is 35.5. The average molecular weight is 398 g/mol. The van der Waals surface area contributed by atoms with Crippen molar-refractivity contribution in [3.63, 3.8) is 0 Å². The summed E-state index contributed by atoms with van der Waals surface area (Å²) in [6.07, 6.45) is 5.25. The molecule has 2 fully saturated rings. The van der Waals surface area contributed by atoms with Crippen LogP contribution in [0.2, 0.25) is 0 Å². The molecule has 0 spiro atoms. The number of sulfonamides is 1. The first-order chi connectivity index (χ1) is 11.3. The van der Waals surface area contributed by atoms with Gasteiger partial charge in [0.2, 0.25) is 15.9 Å². The minimum Gasteiger partial charge on any atom is -0.378 e. The van der Waals surface area contributed by atoms with Gasteiger partial charge in [-0.05, 0) is 51.4 Å². The minimum absolute atomic E-state index is 0. The Morgan fingerprint density at radius 3 is 2.40 bits per heavy atom. The maximum absolute atomic E-state index is 12.2. The lowest BCUT2D eigenvalue weighted by atomic mass is 9.67. The highest BCUT2D eigenvalue weighted by Crippen LogP contribution is 2.39. The predicted molar refractivity (Wildman–Crippen MR) is 100 cm³/mol. The summed E-state index contributed by atoms with van der Waals surface area (Å²) in [6, 6.07) is 0.368. The molecular formula is C16H32ClN3O4S. The molecule has 0 heterocycles. The van der Waals surface area contributed by atoms with E-state index in [2.05, 4.69) is 10.0 Å². The second-order valence-corrected chi connectivity index (χ2v) is 9.26. The maximum Gasteiger partial charge on any atom is 0.235 e. The van der Waals surface area contributed by atoms with Crippen LogP contribution in [0.1, 0.15) is 46.0 Å². The van der Waals surface area contributed by atoms with Gasteiger partial charge >= 0.3 is 0 Å². The summed E-state index contributed by atoms with van der Waals surface area (Å²) in [5.41, 5.74) is 6.09. The molecule has 1 amide bonds. The molecule has 0 aromatic rings. The van der Waals surface area contributed by atoms with Crippen molar-refractivity contribution < 1.29 is 17.9 Å². The molecule has 2 aliphatic carbocycles. The molecule has 2 rings (SSSR count). The zero-order valence-corrected chi connectivity index (χ0v) is 16.7. The van der Waals surface area contributed by atoms with Crippen molar-refractivity contribution in [2.24, 2.45) is 17.6 Å². The van der Waals surface area contributed by atoms with Gasteiger partial charge in [0.25, 0.3) is 0 Å². The molecule has 9 heteroatoms. The van der Waals surface area contributed by atoms with Crippen LogP contribution < -0.4 is 15.8 Å². The number of ether oxygens (including phenoxy) is 1. The molecule has 4 N–H and O–H groups in total. The first-order valence-corrected chi connectivity index (χ1v) is 10.6. The first kappa shape index (κ1) is 22.6. The number of fused-ring (bicyclic) bond motifs is 2. The van der Waals surface area contributed by atoms with E-state index in [0.717, 1.165) is 25.7 Å². The van der Waals surface area contributed by atoms with Crippen molar-refractivity contribution in [1.82, 2.24) is 10.0 Å². The molecule has 2 unspecified atom stereocenters. The molecule has 0 aliphatic heterocycles. The van der Waals surface area contributed by atoms with Gasteiger partial charge < -0.3 is 15.8 Å². The third-order valence-electron chi connectivity index (χ3n) is 4.96. The Bertz CT molecular complexity index is 515. The van der Waals surface area contributed by atoms with Crippen LogP contribution in [0, 0.1) is 11.8 Å². The molecule has 0 saturated heterocycles. The molecular weight excluding hydrogens is 366 g/mol. The van der Waals surface area contributed by atoms with Crippen LogP contribution in [0.15, 0.2) is 0 Å². The summed E-state index contributed by atoms with van der Waals surface area (Å²) in [7, 11) is -3.50. The summed E-state index contributed by atoms with van der Waals surface area (Å²) in [4.78, 5) is 12.2. The van der Waals surface area contributed by atoms with Crippen LogP contribution in [-0.2, 0) is 19.6 Å². The fourth-order valence-corrected chi connectivity index (χ4v) is 4.71. The van der Waals surface area contributed by atoms with Gasteiger partial charge in [-0.1, -0.05) is 6.42 Å². The zero-order chi connectivity index (χ0) is 17.7. The van der Waals surface area contributed by atoms with E-state index in [0.29, 0.717) is 11.8 Å². The van der Waals surface area contributed by atoms with Crippen LogP contribution in [-0.4, -0.2) is 51.4 Å². The quantitative estimate of drug-likeness (QED) is 0.560. The first-order valence-electron chi connectivity index (χ1n) is 8.90. The van der Waals surface area contributed by atoms with Gasteiger partial charge in [0.1, 0.15) is 0 Å². The summed E-state index contributed by atoms with van der Waals surface area (Å²) in [5.74, 6) is 0.447. The third-order valence-corrected chi connectivity index (χ3v) is 6.25. The zero-order valence-electron chi connectivity index (χ0n) is 15.1. The van der Waals surface area contributed by atoms with Crippen LogP contribution in [0.4, 0.5) is 0 Å². The Balaban J connectivity index is 0.00000312. The summed E-state index contributed by atoms with van der Waals surface area (Å²) in [5, 5.41) is 3.04. The molecule has 2 aliphatic rings. The number of carbonyl (C=O) groups is 1. The molecule has 25 heavy (non-hydrogen) atoms. The Kier molecular flexibility index (Phi) is 9.11. The number of hydrogen-bond donors (Lipinski definition) is 3. The molecule has 2 saturated carbocycles. The van der Waals surface area contributed by atoms with E-state index in [1.165, 1.54) is 6.42 Å². The van der Waals surface area contributed by atoms with Gasteiger partial charge in [0.15, 0.2) is 0 Å². The second kappa shape index (κ2) is 10.1. The lowest BCUT2D eigenvalue weighted by Crippen LogP contribution is -2.55. The Hall–Kier alpha value is -0.410. The molecule has 2 bridgehead atoms. The largest absolute Gasteiger partial charge is 0.378 e. The topological polar surface area (TPSA) is 111 Å². The number of amides is 1. The summed E-state index contributed by atoms with van der Waals surface area (Å²) in [6.45, 7) is 3.60. The van der Waals surface area contributed by atoms with Crippen molar-refractivity contribution in [1.29, 1.82) is 0 Å². The number of rotatable bonds is 8. The summed E-state index contributed by atoms with van der Waals surface area (Å²) < 4.78 is 31.3. The van der Waals surface area contributed by atoms with Gasteiger partial charge in [-0.2, -0.15) is 0 Å². The minimum atomic E-state index is -3.50. The molecule has 0 aromatic carbocycles. The van der Waals surface area contributed by atoms with Crippen LogP contribution >= 0.6 is 12.4 Å². The third kappa shape index (κ3) is 7.38. The number of carbonyl (C=O) groups excluding carboxylic acids is 1. The van der Waals surface area contributed by atoms with E-state index >= 15 is 0 Å². The van der Waals surface area contributed by atoms with E-state index in [9.17, 15) is 13.2 Å². The fraction of sp³-hybridized carbons (Fsp3) is 0.938. The van der Waals surface area contributed by atoms with E-state index < -0.39 is 10.0 Å². The van der Waals surface area contributed by atoms with Gasteiger partial charge in [-0.15, -0.1) is 12.4 Å². The highest BCUT2D eigenvalue weighted by molar-refractivity contribution is 7.89. The van der Waals surface area contributed by atoms with E-state index in [4.69, 9.17) is 10.5 Å². The number of halogens is 1. The predicted octanol–water partition coefficient (Wildman–Crippen LogP) is 0.775. The van der Waals surface area contributed by atoms with Crippen molar-refractivity contribution in [3.05, 3.63) is 0 Å². The van der Waals surface area contributed by atoms with Gasteiger partial charge in [-0.25, -0.2) is 13.1 Å².